The van der Waals surface area contributed by atoms with E-state index in [1.807, 2.05) is 35.2 Å². The summed E-state index contributed by atoms with van der Waals surface area (Å²) in [5.41, 5.74) is 0.993. The molecule has 2 saturated heterocycles. The SMILES string of the molecule is O=C(Nc1cnccn1)[C@@H]1CO[C@@H]2CN(C(=O)Cc3ccccc3)C[C@@H]21. The smallest absolute Gasteiger partial charge is 0.231 e. The number of benzene rings is 1. The van der Waals surface area contributed by atoms with Gasteiger partial charge in [0.15, 0.2) is 5.82 Å². The van der Waals surface area contributed by atoms with Crippen LogP contribution in [0, 0.1) is 11.8 Å². The van der Waals surface area contributed by atoms with E-state index in [4.69, 9.17) is 4.74 Å². The number of amides is 2. The van der Waals surface area contributed by atoms with E-state index in [1.165, 1.54) is 12.4 Å². The highest BCUT2D eigenvalue weighted by Gasteiger charge is 2.47. The van der Waals surface area contributed by atoms with E-state index in [0.29, 0.717) is 31.9 Å². The predicted molar refractivity (Wildman–Crippen MR) is 94.1 cm³/mol. The topological polar surface area (TPSA) is 84.4 Å². The molecule has 0 radical (unpaired) electrons. The molecule has 2 amide bonds. The van der Waals surface area contributed by atoms with Crippen molar-refractivity contribution >= 4 is 17.6 Å². The first kappa shape index (κ1) is 16.7. The van der Waals surface area contributed by atoms with Gasteiger partial charge in [0.1, 0.15) is 0 Å². The summed E-state index contributed by atoms with van der Waals surface area (Å²) in [6, 6.07) is 9.68. The molecule has 2 aliphatic heterocycles. The second-order valence-electron chi connectivity index (χ2n) is 6.68. The van der Waals surface area contributed by atoms with E-state index in [0.717, 1.165) is 5.56 Å². The summed E-state index contributed by atoms with van der Waals surface area (Å²) in [7, 11) is 0. The van der Waals surface area contributed by atoms with Gasteiger partial charge in [-0.2, -0.15) is 0 Å². The Morgan fingerprint density at radius 3 is 2.81 bits per heavy atom. The minimum Gasteiger partial charge on any atom is -0.375 e. The maximum absolute atomic E-state index is 12.6. The maximum atomic E-state index is 12.6. The molecule has 134 valence electrons. The molecule has 2 fully saturated rings. The van der Waals surface area contributed by atoms with Gasteiger partial charge in [-0.1, -0.05) is 30.3 Å². The van der Waals surface area contributed by atoms with E-state index < -0.39 is 0 Å². The predicted octanol–water partition coefficient (Wildman–Crippen LogP) is 1.13. The van der Waals surface area contributed by atoms with Crippen LogP contribution in [-0.4, -0.2) is 52.5 Å². The van der Waals surface area contributed by atoms with Crippen molar-refractivity contribution in [3.05, 3.63) is 54.5 Å². The molecule has 1 aromatic heterocycles. The molecule has 2 aromatic rings. The molecular weight excluding hydrogens is 332 g/mol. The van der Waals surface area contributed by atoms with Gasteiger partial charge < -0.3 is 15.0 Å². The molecule has 1 aromatic carbocycles. The molecular formula is C19H20N4O3. The molecule has 1 N–H and O–H groups in total. The Morgan fingerprint density at radius 2 is 2.04 bits per heavy atom. The van der Waals surface area contributed by atoms with Crippen molar-refractivity contribution in [3.8, 4) is 0 Å². The third-order valence-electron chi connectivity index (χ3n) is 5.02. The van der Waals surface area contributed by atoms with E-state index in [9.17, 15) is 9.59 Å². The van der Waals surface area contributed by atoms with Crippen LogP contribution in [0.3, 0.4) is 0 Å². The van der Waals surface area contributed by atoms with Crippen LogP contribution < -0.4 is 5.32 Å². The van der Waals surface area contributed by atoms with Crippen LogP contribution in [0.4, 0.5) is 5.82 Å². The lowest BCUT2D eigenvalue weighted by atomic mass is 9.92. The number of fused-ring (bicyclic) bond motifs is 1. The highest BCUT2D eigenvalue weighted by molar-refractivity contribution is 5.92. The Kier molecular flexibility index (Phi) is 4.62. The number of carbonyl (C=O) groups is 2. The number of hydrogen-bond donors (Lipinski definition) is 1. The van der Waals surface area contributed by atoms with Crippen molar-refractivity contribution in [1.82, 2.24) is 14.9 Å². The van der Waals surface area contributed by atoms with Crippen molar-refractivity contribution < 1.29 is 14.3 Å². The average molecular weight is 352 g/mol. The number of ether oxygens (including phenoxy) is 1. The first-order valence-corrected chi connectivity index (χ1v) is 8.71. The van der Waals surface area contributed by atoms with Crippen LogP contribution in [0.1, 0.15) is 5.56 Å². The third-order valence-corrected chi connectivity index (χ3v) is 5.02. The lowest BCUT2D eigenvalue weighted by Crippen LogP contribution is -2.35. The van der Waals surface area contributed by atoms with Crippen LogP contribution in [0.25, 0.3) is 0 Å². The molecule has 2 aliphatic rings. The Hall–Kier alpha value is -2.80. The molecule has 3 heterocycles. The van der Waals surface area contributed by atoms with E-state index in [1.54, 1.807) is 6.20 Å². The van der Waals surface area contributed by atoms with E-state index in [2.05, 4.69) is 15.3 Å². The van der Waals surface area contributed by atoms with Crippen LogP contribution in [-0.2, 0) is 20.7 Å². The van der Waals surface area contributed by atoms with Crippen LogP contribution in [0.5, 0.6) is 0 Å². The second-order valence-corrected chi connectivity index (χ2v) is 6.68. The zero-order valence-electron chi connectivity index (χ0n) is 14.2. The van der Waals surface area contributed by atoms with Gasteiger partial charge in [-0.3, -0.25) is 14.6 Å². The van der Waals surface area contributed by atoms with Gasteiger partial charge in [0.05, 0.1) is 31.2 Å². The highest BCUT2D eigenvalue weighted by Crippen LogP contribution is 2.34. The third kappa shape index (κ3) is 3.43. The number of nitrogens with one attached hydrogen (secondary N) is 1. The monoisotopic (exact) mass is 352 g/mol. The standard InChI is InChI=1S/C19H20N4O3/c24-18(8-13-4-2-1-3-5-13)23-10-14-15(12-26-16(14)11-23)19(25)22-17-9-20-6-7-21-17/h1-7,9,14-16H,8,10-12H2,(H,21,22,25)/t14-,15-,16-/m1/s1. The highest BCUT2D eigenvalue weighted by atomic mass is 16.5. The van der Waals surface area contributed by atoms with Crippen LogP contribution in [0.15, 0.2) is 48.9 Å². The van der Waals surface area contributed by atoms with Gasteiger partial charge in [-0.15, -0.1) is 0 Å². The Bertz CT molecular complexity index is 784. The normalized spacial score (nSPS) is 24.3. The van der Waals surface area contributed by atoms with Crippen molar-refractivity contribution in [2.75, 3.05) is 25.0 Å². The summed E-state index contributed by atoms with van der Waals surface area (Å²) >= 11 is 0. The summed E-state index contributed by atoms with van der Waals surface area (Å²) in [6.07, 6.45) is 4.89. The van der Waals surface area contributed by atoms with Crippen LogP contribution in [0.2, 0.25) is 0 Å². The van der Waals surface area contributed by atoms with Crippen molar-refractivity contribution in [1.29, 1.82) is 0 Å². The summed E-state index contributed by atoms with van der Waals surface area (Å²) in [5.74, 6) is 0.108. The van der Waals surface area contributed by atoms with Gasteiger partial charge >= 0.3 is 0 Å². The zero-order valence-corrected chi connectivity index (χ0v) is 14.2. The van der Waals surface area contributed by atoms with Gasteiger partial charge in [-0.05, 0) is 5.56 Å². The first-order valence-electron chi connectivity index (χ1n) is 8.71. The number of carbonyl (C=O) groups excluding carboxylic acids is 2. The molecule has 0 saturated carbocycles. The second kappa shape index (κ2) is 7.21. The van der Waals surface area contributed by atoms with Crippen molar-refractivity contribution in [2.24, 2.45) is 11.8 Å². The maximum Gasteiger partial charge on any atom is 0.231 e. The lowest BCUT2D eigenvalue weighted by molar-refractivity contribution is -0.131. The number of likely N-dealkylation sites (tertiary alicyclic amines) is 1. The van der Waals surface area contributed by atoms with Gasteiger partial charge in [0.2, 0.25) is 11.8 Å². The fourth-order valence-corrected chi connectivity index (χ4v) is 3.65. The quantitative estimate of drug-likeness (QED) is 0.892. The average Bonchev–Trinajstić information content (AvgIpc) is 3.24. The molecule has 0 spiro atoms. The zero-order chi connectivity index (χ0) is 17.9. The molecule has 7 heteroatoms. The van der Waals surface area contributed by atoms with E-state index >= 15 is 0 Å². The Morgan fingerprint density at radius 1 is 1.19 bits per heavy atom. The number of anilines is 1. The number of aromatic nitrogens is 2. The summed E-state index contributed by atoms with van der Waals surface area (Å²) in [6.45, 7) is 1.47. The molecule has 0 bridgehead atoms. The Labute approximate surface area is 151 Å². The fourth-order valence-electron chi connectivity index (χ4n) is 3.65. The first-order chi connectivity index (χ1) is 12.7. The Balaban J connectivity index is 1.37. The molecule has 3 atom stereocenters. The van der Waals surface area contributed by atoms with Crippen molar-refractivity contribution in [3.63, 3.8) is 0 Å². The minimum atomic E-state index is -0.281. The fraction of sp³-hybridized carbons (Fsp3) is 0.368. The summed E-state index contributed by atoms with van der Waals surface area (Å²) in [5, 5.41) is 2.78. The largest absolute Gasteiger partial charge is 0.375 e. The lowest BCUT2D eigenvalue weighted by Gasteiger charge is -2.19. The van der Waals surface area contributed by atoms with Crippen LogP contribution >= 0.6 is 0 Å². The summed E-state index contributed by atoms with van der Waals surface area (Å²) < 4.78 is 5.79. The summed E-state index contributed by atoms with van der Waals surface area (Å²) in [4.78, 5) is 34.9. The molecule has 0 unspecified atom stereocenters. The minimum absolute atomic E-state index is 0.0198. The molecule has 0 aliphatic carbocycles. The molecule has 4 rings (SSSR count). The van der Waals surface area contributed by atoms with Gasteiger partial charge in [-0.25, -0.2) is 4.98 Å². The number of rotatable bonds is 4. The van der Waals surface area contributed by atoms with Crippen molar-refractivity contribution in [2.45, 2.75) is 12.5 Å². The van der Waals surface area contributed by atoms with E-state index in [-0.39, 0.29) is 29.8 Å². The number of nitrogens with zero attached hydrogens (tertiary/aromatic N) is 3. The number of hydrogen-bond acceptors (Lipinski definition) is 5. The van der Waals surface area contributed by atoms with Gasteiger partial charge in [0.25, 0.3) is 0 Å². The molecule has 7 nitrogen and oxygen atoms in total. The molecule has 26 heavy (non-hydrogen) atoms. The van der Waals surface area contributed by atoms with Gasteiger partial charge in [0, 0.05) is 31.4 Å².